The minimum absolute atomic E-state index is 0.0380. The molecule has 2 rings (SSSR count). The number of carboxylic acids is 1. The number of carbonyl (C=O) groups is 2. The van der Waals surface area contributed by atoms with Crippen molar-refractivity contribution in [3.05, 3.63) is 0 Å². The first kappa shape index (κ1) is 14.3. The zero-order valence-electron chi connectivity index (χ0n) is 11.3. The number of rotatable bonds is 4. The van der Waals surface area contributed by atoms with E-state index in [4.69, 9.17) is 9.84 Å². The van der Waals surface area contributed by atoms with Crippen molar-refractivity contribution in [1.29, 1.82) is 0 Å². The average Bonchev–Trinajstić information content (AvgIpc) is 2.87. The molecule has 3 N–H and O–H groups in total. The summed E-state index contributed by atoms with van der Waals surface area (Å²) in [5.74, 6) is -1.58. The Morgan fingerprint density at radius 3 is 2.84 bits per heavy atom. The average molecular weight is 270 g/mol. The Balaban J connectivity index is 2.01. The standard InChI is InChI=1S/C13H22N2O4/c1-2-13(4-3-5-14-8-13)12(18)15-10-7-19-6-9(10)11(16)17/h9-10,14H,2-8H2,1H3,(H,15,18)(H,16,17). The van der Waals surface area contributed by atoms with Gasteiger partial charge in [-0.05, 0) is 25.8 Å². The summed E-state index contributed by atoms with van der Waals surface area (Å²) in [5, 5.41) is 15.2. The van der Waals surface area contributed by atoms with Crippen LogP contribution in [0.3, 0.4) is 0 Å². The largest absolute Gasteiger partial charge is 0.481 e. The molecule has 6 nitrogen and oxygen atoms in total. The van der Waals surface area contributed by atoms with E-state index in [1.165, 1.54) is 0 Å². The SMILES string of the molecule is CCC1(C(=O)NC2COCC2C(=O)O)CCCNC1. The van der Waals surface area contributed by atoms with E-state index in [9.17, 15) is 9.59 Å². The molecule has 0 aromatic heterocycles. The quantitative estimate of drug-likeness (QED) is 0.668. The third-order valence-corrected chi connectivity index (χ3v) is 4.34. The predicted molar refractivity (Wildman–Crippen MR) is 68.7 cm³/mol. The number of ether oxygens (including phenoxy) is 1. The van der Waals surface area contributed by atoms with E-state index >= 15 is 0 Å². The van der Waals surface area contributed by atoms with E-state index in [2.05, 4.69) is 10.6 Å². The van der Waals surface area contributed by atoms with Crippen molar-refractivity contribution < 1.29 is 19.4 Å². The second-order valence-corrected chi connectivity index (χ2v) is 5.48. The van der Waals surface area contributed by atoms with Crippen LogP contribution >= 0.6 is 0 Å². The first-order valence-corrected chi connectivity index (χ1v) is 6.91. The smallest absolute Gasteiger partial charge is 0.311 e. The predicted octanol–water partition coefficient (Wildman–Crippen LogP) is -0.0180. The zero-order valence-corrected chi connectivity index (χ0v) is 11.3. The fourth-order valence-electron chi connectivity index (χ4n) is 2.89. The fourth-order valence-corrected chi connectivity index (χ4v) is 2.89. The Morgan fingerprint density at radius 1 is 1.47 bits per heavy atom. The molecule has 6 heteroatoms. The monoisotopic (exact) mass is 270 g/mol. The van der Waals surface area contributed by atoms with Gasteiger partial charge in [0.1, 0.15) is 5.92 Å². The van der Waals surface area contributed by atoms with Gasteiger partial charge in [-0.15, -0.1) is 0 Å². The molecule has 19 heavy (non-hydrogen) atoms. The number of aliphatic carboxylic acids is 1. The van der Waals surface area contributed by atoms with Gasteiger partial charge in [0.05, 0.1) is 24.7 Å². The summed E-state index contributed by atoms with van der Waals surface area (Å²) in [6.45, 7) is 4.08. The van der Waals surface area contributed by atoms with Gasteiger partial charge >= 0.3 is 5.97 Å². The molecule has 108 valence electrons. The van der Waals surface area contributed by atoms with E-state index in [-0.39, 0.29) is 19.1 Å². The maximum absolute atomic E-state index is 12.5. The number of nitrogens with one attached hydrogen (secondary N) is 2. The lowest BCUT2D eigenvalue weighted by atomic mass is 9.77. The van der Waals surface area contributed by atoms with Crippen LogP contribution in [0.4, 0.5) is 0 Å². The van der Waals surface area contributed by atoms with Crippen molar-refractivity contribution in [3.8, 4) is 0 Å². The summed E-state index contributed by atoms with van der Waals surface area (Å²) in [6.07, 6.45) is 2.59. The van der Waals surface area contributed by atoms with Crippen molar-refractivity contribution >= 4 is 11.9 Å². The minimum Gasteiger partial charge on any atom is -0.481 e. The number of carboxylic acid groups (broad SMARTS) is 1. The van der Waals surface area contributed by atoms with Crippen molar-refractivity contribution in [1.82, 2.24) is 10.6 Å². The molecule has 0 saturated carbocycles. The molecule has 2 aliphatic heterocycles. The number of carbonyl (C=O) groups excluding carboxylic acids is 1. The lowest BCUT2D eigenvalue weighted by Crippen LogP contribution is -2.54. The van der Waals surface area contributed by atoms with Gasteiger partial charge in [-0.2, -0.15) is 0 Å². The summed E-state index contributed by atoms with van der Waals surface area (Å²) >= 11 is 0. The Kier molecular flexibility index (Phi) is 4.42. The summed E-state index contributed by atoms with van der Waals surface area (Å²) in [4.78, 5) is 23.6. The van der Waals surface area contributed by atoms with E-state index in [0.29, 0.717) is 6.54 Å². The number of amides is 1. The van der Waals surface area contributed by atoms with Gasteiger partial charge in [0.15, 0.2) is 0 Å². The Bertz CT molecular complexity index is 353. The molecule has 2 heterocycles. The van der Waals surface area contributed by atoms with Crippen LogP contribution < -0.4 is 10.6 Å². The summed E-state index contributed by atoms with van der Waals surface area (Å²) in [6, 6.07) is -0.407. The summed E-state index contributed by atoms with van der Waals surface area (Å²) in [7, 11) is 0. The normalized spacial score (nSPS) is 35.0. The van der Waals surface area contributed by atoms with Crippen LogP contribution in [0.1, 0.15) is 26.2 Å². The van der Waals surface area contributed by atoms with Crippen LogP contribution in [-0.2, 0) is 14.3 Å². The highest BCUT2D eigenvalue weighted by atomic mass is 16.5. The minimum atomic E-state index is -0.907. The first-order chi connectivity index (χ1) is 9.09. The van der Waals surface area contributed by atoms with Crippen LogP contribution in [0.15, 0.2) is 0 Å². The molecule has 3 unspecified atom stereocenters. The third kappa shape index (κ3) is 2.90. The zero-order chi connectivity index (χ0) is 13.9. The molecule has 1 amide bonds. The van der Waals surface area contributed by atoms with Gasteiger partial charge in [-0.1, -0.05) is 6.92 Å². The first-order valence-electron chi connectivity index (χ1n) is 6.91. The van der Waals surface area contributed by atoms with Crippen molar-refractivity contribution in [3.63, 3.8) is 0 Å². The molecule has 0 spiro atoms. The van der Waals surface area contributed by atoms with E-state index in [1.54, 1.807) is 0 Å². The lowest BCUT2D eigenvalue weighted by molar-refractivity contribution is -0.142. The number of hydrogen-bond donors (Lipinski definition) is 3. The van der Waals surface area contributed by atoms with Crippen molar-refractivity contribution in [2.75, 3.05) is 26.3 Å². The maximum atomic E-state index is 12.5. The molecule has 0 aliphatic carbocycles. The Labute approximate surface area is 112 Å². The van der Waals surface area contributed by atoms with Crippen LogP contribution in [-0.4, -0.2) is 49.3 Å². The maximum Gasteiger partial charge on any atom is 0.311 e. The molecule has 0 aromatic carbocycles. The molecule has 0 bridgehead atoms. The molecule has 0 aromatic rings. The van der Waals surface area contributed by atoms with Crippen LogP contribution in [0.5, 0.6) is 0 Å². The van der Waals surface area contributed by atoms with Crippen molar-refractivity contribution in [2.24, 2.45) is 11.3 Å². The van der Waals surface area contributed by atoms with E-state index < -0.39 is 23.3 Å². The van der Waals surface area contributed by atoms with Crippen LogP contribution in [0.2, 0.25) is 0 Å². The highest BCUT2D eigenvalue weighted by molar-refractivity contribution is 5.84. The Hall–Kier alpha value is -1.14. The summed E-state index contributed by atoms with van der Waals surface area (Å²) < 4.78 is 5.17. The van der Waals surface area contributed by atoms with Crippen LogP contribution in [0.25, 0.3) is 0 Å². The molecule has 0 radical (unpaired) electrons. The van der Waals surface area contributed by atoms with Gasteiger partial charge in [0.2, 0.25) is 5.91 Å². The van der Waals surface area contributed by atoms with Crippen molar-refractivity contribution in [2.45, 2.75) is 32.2 Å². The fraction of sp³-hybridized carbons (Fsp3) is 0.846. The van der Waals surface area contributed by atoms with E-state index in [0.717, 1.165) is 25.8 Å². The summed E-state index contributed by atoms with van der Waals surface area (Å²) in [5.41, 5.74) is -0.399. The molecule has 3 atom stereocenters. The molecule has 2 aliphatic rings. The van der Waals surface area contributed by atoms with Crippen LogP contribution in [0, 0.1) is 11.3 Å². The second kappa shape index (κ2) is 5.88. The van der Waals surface area contributed by atoms with Gasteiger partial charge < -0.3 is 20.5 Å². The Morgan fingerprint density at radius 2 is 2.26 bits per heavy atom. The van der Waals surface area contributed by atoms with Gasteiger partial charge in [0, 0.05) is 6.54 Å². The highest BCUT2D eigenvalue weighted by Crippen LogP contribution is 2.31. The lowest BCUT2D eigenvalue weighted by Gasteiger charge is -2.36. The molecule has 2 saturated heterocycles. The van der Waals surface area contributed by atoms with Gasteiger partial charge in [0.25, 0.3) is 0 Å². The topological polar surface area (TPSA) is 87.7 Å². The molecule has 2 fully saturated rings. The number of hydrogen-bond acceptors (Lipinski definition) is 4. The molecular weight excluding hydrogens is 248 g/mol. The van der Waals surface area contributed by atoms with Gasteiger partial charge in [-0.25, -0.2) is 0 Å². The van der Waals surface area contributed by atoms with E-state index in [1.807, 2.05) is 6.92 Å². The second-order valence-electron chi connectivity index (χ2n) is 5.48. The number of piperidine rings is 1. The third-order valence-electron chi connectivity index (χ3n) is 4.34. The molecular formula is C13H22N2O4. The highest BCUT2D eigenvalue weighted by Gasteiger charge is 2.42. The van der Waals surface area contributed by atoms with Gasteiger partial charge in [-0.3, -0.25) is 9.59 Å².